The Morgan fingerprint density at radius 3 is 2.38 bits per heavy atom. The second kappa shape index (κ2) is 6.30. The summed E-state index contributed by atoms with van der Waals surface area (Å²) in [6.07, 6.45) is -4.52. The van der Waals surface area contributed by atoms with Gasteiger partial charge in [0.05, 0.1) is 5.56 Å². The minimum Gasteiger partial charge on any atom is -0.485 e. The molecule has 0 spiro atoms. The average Bonchev–Trinajstić information content (AvgIpc) is 2.45. The second-order valence-corrected chi connectivity index (χ2v) is 5.07. The lowest BCUT2D eigenvalue weighted by Gasteiger charge is -2.11. The summed E-state index contributed by atoms with van der Waals surface area (Å²) in [5.74, 6) is -0.0316. The van der Waals surface area contributed by atoms with Crippen molar-refractivity contribution in [1.82, 2.24) is 0 Å². The minimum atomic E-state index is -4.52. The first kappa shape index (κ1) is 15.6. The van der Waals surface area contributed by atoms with Crippen molar-refractivity contribution in [2.45, 2.75) is 6.18 Å². The molecule has 0 radical (unpaired) electrons. The Morgan fingerprint density at radius 2 is 1.76 bits per heavy atom. The van der Waals surface area contributed by atoms with Crippen LogP contribution in [-0.2, 0) is 6.18 Å². The Balaban J connectivity index is 2.13. The molecular weight excluding hydrogens is 349 g/mol. The number of carbonyl (C=O) groups excluding carboxylic acids is 1. The van der Waals surface area contributed by atoms with Crippen LogP contribution in [-0.4, -0.2) is 12.4 Å². The van der Waals surface area contributed by atoms with Gasteiger partial charge in [-0.3, -0.25) is 4.79 Å². The molecule has 2 rings (SSSR count). The van der Waals surface area contributed by atoms with Gasteiger partial charge in [-0.1, -0.05) is 40.2 Å². The number of alkyl halides is 3. The van der Waals surface area contributed by atoms with Crippen molar-refractivity contribution in [3.05, 3.63) is 64.1 Å². The van der Waals surface area contributed by atoms with Crippen LogP contribution in [0.2, 0.25) is 0 Å². The molecule has 0 fully saturated rings. The molecule has 2 aromatic carbocycles. The van der Waals surface area contributed by atoms with E-state index in [1.807, 2.05) is 0 Å². The fourth-order valence-corrected chi connectivity index (χ4v) is 2.14. The number of para-hydroxylation sites is 1. The lowest BCUT2D eigenvalue weighted by Crippen LogP contribution is -2.14. The third-order valence-electron chi connectivity index (χ3n) is 2.71. The molecule has 0 atom stereocenters. The van der Waals surface area contributed by atoms with Crippen LogP contribution >= 0.6 is 15.9 Å². The average molecular weight is 359 g/mol. The van der Waals surface area contributed by atoms with Gasteiger partial charge in [0.15, 0.2) is 12.4 Å². The van der Waals surface area contributed by atoms with E-state index in [2.05, 4.69) is 15.9 Å². The van der Waals surface area contributed by atoms with Crippen LogP contribution in [0.3, 0.4) is 0 Å². The van der Waals surface area contributed by atoms with Crippen LogP contribution in [0.5, 0.6) is 5.75 Å². The molecule has 2 nitrogen and oxygen atoms in total. The summed E-state index contributed by atoms with van der Waals surface area (Å²) in [5.41, 5.74) is -0.922. The fraction of sp³-hybridized carbons (Fsp3) is 0.133. The van der Waals surface area contributed by atoms with E-state index in [4.69, 9.17) is 4.74 Å². The minimum absolute atomic E-state index is 0.0403. The van der Waals surface area contributed by atoms with Gasteiger partial charge in [0.25, 0.3) is 0 Å². The first-order valence-electron chi connectivity index (χ1n) is 5.96. The van der Waals surface area contributed by atoms with Gasteiger partial charge in [-0.05, 0) is 24.3 Å². The second-order valence-electron chi connectivity index (χ2n) is 4.22. The maximum atomic E-state index is 12.8. The lowest BCUT2D eigenvalue weighted by molar-refractivity contribution is -0.138. The highest BCUT2D eigenvalue weighted by atomic mass is 79.9. The van der Waals surface area contributed by atoms with E-state index in [1.54, 1.807) is 30.3 Å². The molecule has 110 valence electrons. The zero-order valence-corrected chi connectivity index (χ0v) is 12.2. The van der Waals surface area contributed by atoms with Crippen molar-refractivity contribution in [2.75, 3.05) is 6.61 Å². The fourth-order valence-electron chi connectivity index (χ4n) is 1.66. The van der Waals surface area contributed by atoms with Crippen molar-refractivity contribution in [1.29, 1.82) is 0 Å². The molecule has 0 saturated carbocycles. The summed E-state index contributed by atoms with van der Waals surface area (Å²) in [4.78, 5) is 11.9. The molecule has 0 N–H and O–H groups in total. The molecule has 0 saturated heterocycles. The van der Waals surface area contributed by atoms with Gasteiger partial charge in [0, 0.05) is 10.0 Å². The van der Waals surface area contributed by atoms with Gasteiger partial charge < -0.3 is 4.74 Å². The molecule has 0 amide bonds. The van der Waals surface area contributed by atoms with E-state index in [0.717, 1.165) is 6.07 Å². The summed E-state index contributed by atoms with van der Waals surface area (Å²) < 4.78 is 43.4. The predicted octanol–water partition coefficient (Wildman–Crippen LogP) is 4.73. The zero-order valence-electron chi connectivity index (χ0n) is 10.7. The number of halogens is 4. The Kier molecular flexibility index (Phi) is 4.67. The number of Topliss-reactive ketones (excluding diaryl/α,β-unsaturated/α-hetero) is 1. The largest absolute Gasteiger partial charge is 0.485 e. The maximum absolute atomic E-state index is 12.8. The summed E-state index contributed by atoms with van der Waals surface area (Å²) in [6.45, 7) is -0.317. The highest BCUT2D eigenvalue weighted by molar-refractivity contribution is 9.10. The van der Waals surface area contributed by atoms with E-state index in [0.29, 0.717) is 5.75 Å². The van der Waals surface area contributed by atoms with Crippen LogP contribution in [0.25, 0.3) is 0 Å². The van der Waals surface area contributed by atoms with Gasteiger partial charge in [0.2, 0.25) is 0 Å². The molecule has 0 aromatic heterocycles. The van der Waals surface area contributed by atoms with Crippen molar-refractivity contribution in [2.24, 2.45) is 0 Å². The van der Waals surface area contributed by atoms with Crippen LogP contribution in [0.4, 0.5) is 13.2 Å². The van der Waals surface area contributed by atoms with Crippen molar-refractivity contribution in [3.8, 4) is 5.75 Å². The summed E-state index contributed by atoms with van der Waals surface area (Å²) in [5, 5.41) is 0. The van der Waals surface area contributed by atoms with E-state index >= 15 is 0 Å². The Hall–Kier alpha value is -1.82. The number of ether oxygens (including phenoxy) is 1. The molecule has 21 heavy (non-hydrogen) atoms. The molecule has 0 aliphatic rings. The van der Waals surface area contributed by atoms with Gasteiger partial charge in [-0.25, -0.2) is 0 Å². The van der Waals surface area contributed by atoms with E-state index in [-0.39, 0.29) is 16.6 Å². The number of benzene rings is 2. The number of hydrogen-bond acceptors (Lipinski definition) is 2. The quantitative estimate of drug-likeness (QED) is 0.738. The third-order valence-corrected chi connectivity index (χ3v) is 3.40. The Labute approximate surface area is 127 Å². The smallest absolute Gasteiger partial charge is 0.417 e. The first-order chi connectivity index (χ1) is 9.88. The summed E-state index contributed by atoms with van der Waals surface area (Å²) >= 11 is 2.83. The molecule has 0 unspecified atom stereocenters. The monoisotopic (exact) mass is 358 g/mol. The number of ketones is 1. The number of rotatable bonds is 4. The first-order valence-corrected chi connectivity index (χ1v) is 6.75. The van der Waals surface area contributed by atoms with Crippen LogP contribution < -0.4 is 4.74 Å². The van der Waals surface area contributed by atoms with Gasteiger partial charge in [-0.15, -0.1) is 0 Å². The number of carbonyl (C=O) groups is 1. The van der Waals surface area contributed by atoms with Crippen molar-refractivity contribution < 1.29 is 22.7 Å². The van der Waals surface area contributed by atoms with E-state index in [1.165, 1.54) is 12.1 Å². The molecule has 0 aliphatic carbocycles. The molecular formula is C15H10BrF3O2. The summed E-state index contributed by atoms with van der Waals surface area (Å²) in [6, 6.07) is 11.9. The zero-order chi connectivity index (χ0) is 15.5. The summed E-state index contributed by atoms with van der Waals surface area (Å²) in [7, 11) is 0. The highest BCUT2D eigenvalue weighted by Crippen LogP contribution is 2.35. The SMILES string of the molecule is O=C(COc1ccccc1)c1ccc(Br)c(C(F)(F)F)c1. The highest BCUT2D eigenvalue weighted by Gasteiger charge is 2.33. The molecule has 6 heteroatoms. The molecule has 0 bridgehead atoms. The van der Waals surface area contributed by atoms with Crippen LogP contribution in [0, 0.1) is 0 Å². The Bertz CT molecular complexity index is 639. The molecule has 2 aromatic rings. The Morgan fingerprint density at radius 1 is 1.10 bits per heavy atom. The van der Waals surface area contributed by atoms with Crippen LogP contribution in [0.1, 0.15) is 15.9 Å². The number of hydrogen-bond donors (Lipinski definition) is 0. The van der Waals surface area contributed by atoms with Gasteiger partial charge in [0.1, 0.15) is 5.75 Å². The van der Waals surface area contributed by atoms with Crippen molar-refractivity contribution in [3.63, 3.8) is 0 Å². The predicted molar refractivity (Wildman–Crippen MR) is 75.4 cm³/mol. The normalized spacial score (nSPS) is 11.2. The van der Waals surface area contributed by atoms with E-state index in [9.17, 15) is 18.0 Å². The molecule has 0 heterocycles. The van der Waals surface area contributed by atoms with Crippen LogP contribution in [0.15, 0.2) is 53.0 Å². The van der Waals surface area contributed by atoms with Gasteiger partial charge in [-0.2, -0.15) is 13.2 Å². The third kappa shape index (κ3) is 4.07. The van der Waals surface area contributed by atoms with Crippen molar-refractivity contribution >= 4 is 21.7 Å². The topological polar surface area (TPSA) is 26.3 Å². The standard InChI is InChI=1S/C15H10BrF3O2/c16-13-7-6-10(8-12(13)15(17,18)19)14(20)9-21-11-4-2-1-3-5-11/h1-8H,9H2. The van der Waals surface area contributed by atoms with Gasteiger partial charge >= 0.3 is 6.18 Å². The lowest BCUT2D eigenvalue weighted by atomic mass is 10.1. The maximum Gasteiger partial charge on any atom is 0.417 e. The molecule has 0 aliphatic heterocycles. The van der Waals surface area contributed by atoms with E-state index < -0.39 is 17.5 Å².